The second kappa shape index (κ2) is 8.50. The van der Waals surface area contributed by atoms with E-state index in [9.17, 15) is 4.79 Å². The monoisotopic (exact) mass is 267 g/mol. The van der Waals surface area contributed by atoms with Crippen LogP contribution in [0.15, 0.2) is 24.3 Å². The highest BCUT2D eigenvalue weighted by atomic mass is 16.5. The normalized spacial score (nSPS) is 11.9. The maximum Gasteiger partial charge on any atom is 0.322 e. The van der Waals surface area contributed by atoms with Crippen LogP contribution >= 0.6 is 0 Å². The third-order valence-electron chi connectivity index (χ3n) is 2.72. The van der Waals surface area contributed by atoms with Crippen LogP contribution < -0.4 is 10.1 Å². The van der Waals surface area contributed by atoms with Gasteiger partial charge in [0.05, 0.1) is 20.3 Å². The number of methoxy groups -OCH3 is 2. The summed E-state index contributed by atoms with van der Waals surface area (Å²) in [6, 6.07) is 7.36. The molecular formula is C14H21NO4. The van der Waals surface area contributed by atoms with Crippen molar-refractivity contribution in [2.75, 3.05) is 27.9 Å². The lowest BCUT2D eigenvalue weighted by Gasteiger charge is -2.14. The Morgan fingerprint density at radius 2 is 2.16 bits per heavy atom. The molecule has 1 aromatic carbocycles. The average Bonchev–Trinajstić information content (AvgIpc) is 2.44. The van der Waals surface area contributed by atoms with Gasteiger partial charge in [-0.25, -0.2) is 0 Å². The number of ether oxygens (including phenoxy) is 3. The van der Waals surface area contributed by atoms with Gasteiger partial charge < -0.3 is 19.5 Å². The van der Waals surface area contributed by atoms with E-state index in [2.05, 4.69) is 10.1 Å². The van der Waals surface area contributed by atoms with Crippen molar-refractivity contribution in [3.05, 3.63) is 29.8 Å². The zero-order chi connectivity index (χ0) is 14.1. The van der Waals surface area contributed by atoms with Crippen molar-refractivity contribution < 1.29 is 19.0 Å². The lowest BCUT2D eigenvalue weighted by molar-refractivity contribution is -0.143. The molecule has 1 aromatic rings. The summed E-state index contributed by atoms with van der Waals surface area (Å²) in [6.07, 6.45) is 0.553. The molecule has 0 aliphatic rings. The summed E-state index contributed by atoms with van der Waals surface area (Å²) in [5, 5.41) is 2.90. The van der Waals surface area contributed by atoms with Gasteiger partial charge in [0.1, 0.15) is 11.8 Å². The van der Waals surface area contributed by atoms with E-state index >= 15 is 0 Å². The van der Waals surface area contributed by atoms with Crippen molar-refractivity contribution in [3.8, 4) is 5.75 Å². The highest BCUT2D eigenvalue weighted by molar-refractivity contribution is 5.75. The molecule has 5 heteroatoms. The molecule has 5 nitrogen and oxygen atoms in total. The van der Waals surface area contributed by atoms with Gasteiger partial charge in [-0.2, -0.15) is 0 Å². The summed E-state index contributed by atoms with van der Waals surface area (Å²) in [4.78, 5) is 11.4. The van der Waals surface area contributed by atoms with Gasteiger partial charge in [-0.1, -0.05) is 12.1 Å². The molecule has 0 aromatic heterocycles. The molecule has 0 heterocycles. The Hall–Kier alpha value is -1.59. The standard InChI is InChI=1S/C14H21NO4/c1-15-13(14(16)18-3)7-8-19-12-6-4-5-11(9-12)10-17-2/h4-6,9,13,15H,7-8,10H2,1-3H3. The Bertz CT molecular complexity index is 395. The fraction of sp³-hybridized carbons (Fsp3) is 0.500. The Kier molecular flexibility index (Phi) is 6.92. The molecule has 1 N–H and O–H groups in total. The summed E-state index contributed by atoms with van der Waals surface area (Å²) < 4.78 is 15.4. The summed E-state index contributed by atoms with van der Waals surface area (Å²) in [5.41, 5.74) is 1.05. The lowest BCUT2D eigenvalue weighted by Crippen LogP contribution is -2.36. The van der Waals surface area contributed by atoms with Gasteiger partial charge >= 0.3 is 5.97 Å². The number of hydrogen-bond donors (Lipinski definition) is 1. The molecule has 1 unspecified atom stereocenters. The first-order valence-electron chi connectivity index (χ1n) is 6.17. The number of likely N-dealkylation sites (N-methyl/N-ethyl adjacent to an activating group) is 1. The van der Waals surface area contributed by atoms with E-state index in [1.807, 2.05) is 24.3 Å². The van der Waals surface area contributed by atoms with Crippen LogP contribution in [0, 0.1) is 0 Å². The summed E-state index contributed by atoms with van der Waals surface area (Å²) in [6.45, 7) is 0.996. The minimum Gasteiger partial charge on any atom is -0.494 e. The van der Waals surface area contributed by atoms with Crippen molar-refractivity contribution in [1.29, 1.82) is 0 Å². The zero-order valence-corrected chi connectivity index (χ0v) is 11.6. The van der Waals surface area contributed by atoms with Gasteiger partial charge in [0.2, 0.25) is 0 Å². The van der Waals surface area contributed by atoms with E-state index < -0.39 is 0 Å². The smallest absolute Gasteiger partial charge is 0.322 e. The summed E-state index contributed by atoms with van der Waals surface area (Å²) in [7, 11) is 4.75. The van der Waals surface area contributed by atoms with E-state index in [-0.39, 0.29) is 12.0 Å². The van der Waals surface area contributed by atoms with Crippen LogP contribution in [0.1, 0.15) is 12.0 Å². The van der Waals surface area contributed by atoms with E-state index in [0.29, 0.717) is 19.6 Å². The van der Waals surface area contributed by atoms with Gasteiger partial charge in [0.25, 0.3) is 0 Å². The van der Waals surface area contributed by atoms with Crippen LogP contribution in [-0.2, 0) is 20.9 Å². The second-order valence-corrected chi connectivity index (χ2v) is 4.08. The van der Waals surface area contributed by atoms with Crippen molar-refractivity contribution in [2.45, 2.75) is 19.1 Å². The average molecular weight is 267 g/mol. The molecule has 1 rings (SSSR count). The molecule has 19 heavy (non-hydrogen) atoms. The fourth-order valence-corrected chi connectivity index (χ4v) is 1.71. The SMILES string of the molecule is CNC(CCOc1cccc(COC)c1)C(=O)OC. The van der Waals surface area contributed by atoms with Gasteiger partial charge in [-0.15, -0.1) is 0 Å². The third-order valence-corrected chi connectivity index (χ3v) is 2.72. The molecule has 0 fully saturated rings. The van der Waals surface area contributed by atoms with E-state index in [1.165, 1.54) is 7.11 Å². The maximum absolute atomic E-state index is 11.4. The van der Waals surface area contributed by atoms with E-state index in [0.717, 1.165) is 11.3 Å². The van der Waals surface area contributed by atoms with Crippen LogP contribution in [0.3, 0.4) is 0 Å². The molecular weight excluding hydrogens is 246 g/mol. The molecule has 0 amide bonds. The molecule has 1 atom stereocenters. The van der Waals surface area contributed by atoms with Crippen molar-refractivity contribution in [3.63, 3.8) is 0 Å². The molecule has 0 aliphatic heterocycles. The number of carbonyl (C=O) groups excluding carboxylic acids is 1. The van der Waals surface area contributed by atoms with E-state index in [4.69, 9.17) is 9.47 Å². The number of benzene rings is 1. The number of carbonyl (C=O) groups is 1. The maximum atomic E-state index is 11.4. The number of rotatable bonds is 8. The molecule has 0 radical (unpaired) electrons. The highest BCUT2D eigenvalue weighted by Gasteiger charge is 2.16. The first kappa shape index (κ1) is 15.5. The summed E-state index contributed by atoms with van der Waals surface area (Å²) >= 11 is 0. The van der Waals surface area contributed by atoms with Crippen molar-refractivity contribution in [1.82, 2.24) is 5.32 Å². The number of nitrogens with one attached hydrogen (secondary N) is 1. The van der Waals surface area contributed by atoms with Gasteiger partial charge in [-0.3, -0.25) is 4.79 Å². The second-order valence-electron chi connectivity index (χ2n) is 4.08. The predicted molar refractivity (Wildman–Crippen MR) is 72.1 cm³/mol. The van der Waals surface area contributed by atoms with Crippen LogP contribution in [0.4, 0.5) is 0 Å². The summed E-state index contributed by atoms with van der Waals surface area (Å²) in [5.74, 6) is 0.494. The minimum absolute atomic E-state index is 0.278. The van der Waals surface area contributed by atoms with Crippen LogP contribution in [0.2, 0.25) is 0 Å². The molecule has 0 saturated heterocycles. The highest BCUT2D eigenvalue weighted by Crippen LogP contribution is 2.14. The first-order valence-corrected chi connectivity index (χ1v) is 6.17. The zero-order valence-electron chi connectivity index (χ0n) is 11.6. The van der Waals surface area contributed by atoms with Crippen molar-refractivity contribution >= 4 is 5.97 Å². The van der Waals surface area contributed by atoms with Crippen LogP contribution in [0.5, 0.6) is 5.75 Å². The molecule has 0 saturated carbocycles. The number of hydrogen-bond acceptors (Lipinski definition) is 5. The predicted octanol–water partition coefficient (Wildman–Crippen LogP) is 1.36. The van der Waals surface area contributed by atoms with Gasteiger partial charge in [-0.05, 0) is 24.7 Å². The van der Waals surface area contributed by atoms with Gasteiger partial charge in [0.15, 0.2) is 0 Å². The van der Waals surface area contributed by atoms with Crippen LogP contribution in [0.25, 0.3) is 0 Å². The van der Waals surface area contributed by atoms with Crippen molar-refractivity contribution in [2.24, 2.45) is 0 Å². The fourth-order valence-electron chi connectivity index (χ4n) is 1.71. The largest absolute Gasteiger partial charge is 0.494 e. The van der Waals surface area contributed by atoms with E-state index in [1.54, 1.807) is 14.2 Å². The molecule has 0 bridgehead atoms. The third kappa shape index (κ3) is 5.28. The Labute approximate surface area is 113 Å². The van der Waals surface area contributed by atoms with Gasteiger partial charge in [0, 0.05) is 13.5 Å². The first-order chi connectivity index (χ1) is 9.21. The minimum atomic E-state index is -0.341. The molecule has 0 spiro atoms. The molecule has 106 valence electrons. The topological polar surface area (TPSA) is 56.8 Å². The quantitative estimate of drug-likeness (QED) is 0.721. The Morgan fingerprint density at radius 3 is 2.79 bits per heavy atom. The lowest BCUT2D eigenvalue weighted by atomic mass is 10.2. The number of esters is 1. The van der Waals surface area contributed by atoms with Crippen LogP contribution in [-0.4, -0.2) is 39.9 Å². The Balaban J connectivity index is 2.43. The molecule has 0 aliphatic carbocycles. The Morgan fingerprint density at radius 1 is 1.37 bits per heavy atom.